The fourth-order valence-electron chi connectivity index (χ4n) is 4.35. The Kier molecular flexibility index (Phi) is 9.63. The predicted molar refractivity (Wildman–Crippen MR) is 147 cm³/mol. The average Bonchev–Trinajstić information content (AvgIpc) is 2.95. The number of amides is 1. The standard InChI is InChI=1S/C29H30Cl2N2O5/c1-36-24-5-3-4-22(16-24)27(38-19-20-6-8-21(9-7-20)29(35)37-2)18-32-12-14-33(15-13-32)28(34)25-11-10-23(30)17-26(25)31/h3-11,16-17,27H,12-15,18-19H2,1-2H3/t27-/m1/s1. The maximum atomic E-state index is 13.0. The Morgan fingerprint density at radius 2 is 1.66 bits per heavy atom. The van der Waals surface area contributed by atoms with Gasteiger partial charge < -0.3 is 19.1 Å². The van der Waals surface area contributed by atoms with Crippen LogP contribution in [0.15, 0.2) is 66.7 Å². The highest BCUT2D eigenvalue weighted by Gasteiger charge is 2.26. The summed E-state index contributed by atoms with van der Waals surface area (Å²) in [6.45, 7) is 3.59. The van der Waals surface area contributed by atoms with Crippen molar-refractivity contribution >= 4 is 35.1 Å². The molecular weight excluding hydrogens is 527 g/mol. The van der Waals surface area contributed by atoms with Gasteiger partial charge in [0, 0.05) is 37.7 Å². The summed E-state index contributed by atoms with van der Waals surface area (Å²) in [5.74, 6) is 0.291. The molecule has 0 saturated carbocycles. The van der Waals surface area contributed by atoms with E-state index in [1.54, 1.807) is 37.4 Å². The van der Waals surface area contributed by atoms with E-state index < -0.39 is 0 Å². The van der Waals surface area contributed by atoms with Crippen molar-refractivity contribution < 1.29 is 23.8 Å². The van der Waals surface area contributed by atoms with Gasteiger partial charge in [0.25, 0.3) is 5.91 Å². The molecule has 1 fully saturated rings. The fourth-order valence-corrected chi connectivity index (χ4v) is 4.84. The molecule has 38 heavy (non-hydrogen) atoms. The maximum Gasteiger partial charge on any atom is 0.337 e. The smallest absolute Gasteiger partial charge is 0.337 e. The molecule has 0 unspecified atom stereocenters. The Morgan fingerprint density at radius 1 is 0.921 bits per heavy atom. The van der Waals surface area contributed by atoms with Crippen molar-refractivity contribution in [1.82, 2.24) is 9.80 Å². The molecule has 0 spiro atoms. The number of rotatable bonds is 9. The monoisotopic (exact) mass is 556 g/mol. The van der Waals surface area contributed by atoms with Crippen LogP contribution < -0.4 is 4.74 Å². The minimum Gasteiger partial charge on any atom is -0.497 e. The van der Waals surface area contributed by atoms with Crippen LogP contribution in [0.5, 0.6) is 5.75 Å². The largest absolute Gasteiger partial charge is 0.497 e. The number of hydrogen-bond donors (Lipinski definition) is 0. The number of ether oxygens (including phenoxy) is 3. The van der Waals surface area contributed by atoms with Gasteiger partial charge in [-0.25, -0.2) is 4.79 Å². The predicted octanol–water partition coefficient (Wildman–Crippen LogP) is 5.50. The molecule has 1 atom stereocenters. The van der Waals surface area contributed by atoms with Gasteiger partial charge in [-0.15, -0.1) is 0 Å². The molecule has 3 aromatic carbocycles. The highest BCUT2D eigenvalue weighted by Crippen LogP contribution is 2.26. The van der Waals surface area contributed by atoms with E-state index in [9.17, 15) is 9.59 Å². The van der Waals surface area contributed by atoms with Gasteiger partial charge in [0.05, 0.1) is 43.1 Å². The highest BCUT2D eigenvalue weighted by atomic mass is 35.5. The molecule has 200 valence electrons. The molecule has 1 aliphatic heterocycles. The Balaban J connectivity index is 1.41. The Hall–Kier alpha value is -3.10. The molecule has 0 aromatic heterocycles. The molecule has 1 amide bonds. The number of esters is 1. The topological polar surface area (TPSA) is 68.3 Å². The van der Waals surface area contributed by atoms with Crippen LogP contribution in [0.25, 0.3) is 0 Å². The van der Waals surface area contributed by atoms with E-state index in [0.717, 1.165) is 16.9 Å². The third-order valence-electron chi connectivity index (χ3n) is 6.54. The van der Waals surface area contributed by atoms with Gasteiger partial charge in [0.2, 0.25) is 0 Å². The molecule has 0 radical (unpaired) electrons. The molecule has 0 aliphatic carbocycles. The molecule has 7 nitrogen and oxygen atoms in total. The summed E-state index contributed by atoms with van der Waals surface area (Å²) < 4.78 is 16.6. The molecule has 1 saturated heterocycles. The summed E-state index contributed by atoms with van der Waals surface area (Å²) in [5.41, 5.74) is 2.90. The van der Waals surface area contributed by atoms with Crippen LogP contribution in [0.1, 0.15) is 37.9 Å². The maximum absolute atomic E-state index is 13.0. The minimum atomic E-state index is -0.373. The molecule has 0 bridgehead atoms. The van der Waals surface area contributed by atoms with Crippen molar-refractivity contribution in [3.8, 4) is 5.75 Å². The van der Waals surface area contributed by atoms with Crippen LogP contribution in [-0.4, -0.2) is 68.6 Å². The third kappa shape index (κ3) is 7.05. The summed E-state index contributed by atoms with van der Waals surface area (Å²) in [5, 5.41) is 0.857. The van der Waals surface area contributed by atoms with Gasteiger partial charge in [-0.05, 0) is 53.6 Å². The Bertz CT molecular complexity index is 1260. The first-order chi connectivity index (χ1) is 18.4. The second-order valence-electron chi connectivity index (χ2n) is 8.98. The fraction of sp³-hybridized carbons (Fsp3) is 0.310. The van der Waals surface area contributed by atoms with Gasteiger partial charge in [0.1, 0.15) is 5.75 Å². The van der Waals surface area contributed by atoms with Crippen molar-refractivity contribution in [2.24, 2.45) is 0 Å². The summed E-state index contributed by atoms with van der Waals surface area (Å²) in [6.07, 6.45) is -0.224. The van der Waals surface area contributed by atoms with Crippen molar-refractivity contribution in [3.63, 3.8) is 0 Å². The number of benzene rings is 3. The normalized spacial score (nSPS) is 14.7. The molecular formula is C29H30Cl2N2O5. The van der Waals surface area contributed by atoms with E-state index in [0.29, 0.717) is 60.5 Å². The van der Waals surface area contributed by atoms with E-state index in [4.69, 9.17) is 37.4 Å². The summed E-state index contributed by atoms with van der Waals surface area (Å²) in [6, 6.07) is 20.0. The lowest BCUT2D eigenvalue weighted by molar-refractivity contribution is 0.00332. The van der Waals surface area contributed by atoms with Gasteiger partial charge in [0.15, 0.2) is 0 Å². The van der Waals surface area contributed by atoms with Gasteiger partial charge in [-0.3, -0.25) is 9.69 Å². The van der Waals surface area contributed by atoms with Gasteiger partial charge in [-0.1, -0.05) is 47.5 Å². The van der Waals surface area contributed by atoms with Gasteiger partial charge >= 0.3 is 5.97 Å². The van der Waals surface area contributed by atoms with Crippen molar-refractivity contribution in [3.05, 3.63) is 99.0 Å². The van der Waals surface area contributed by atoms with Gasteiger partial charge in [-0.2, -0.15) is 0 Å². The van der Waals surface area contributed by atoms with Crippen LogP contribution in [0.3, 0.4) is 0 Å². The van der Waals surface area contributed by atoms with E-state index in [1.165, 1.54) is 7.11 Å². The van der Waals surface area contributed by atoms with Crippen molar-refractivity contribution in [2.75, 3.05) is 46.9 Å². The second-order valence-corrected chi connectivity index (χ2v) is 9.83. The zero-order valence-electron chi connectivity index (χ0n) is 21.4. The number of hydrogen-bond acceptors (Lipinski definition) is 6. The van der Waals surface area contributed by atoms with E-state index in [2.05, 4.69) is 4.90 Å². The van der Waals surface area contributed by atoms with E-state index >= 15 is 0 Å². The molecule has 9 heteroatoms. The van der Waals surface area contributed by atoms with E-state index in [1.807, 2.05) is 41.3 Å². The number of nitrogens with zero attached hydrogens (tertiary/aromatic N) is 2. The Morgan fingerprint density at radius 3 is 2.32 bits per heavy atom. The van der Waals surface area contributed by atoms with Crippen LogP contribution in [-0.2, 0) is 16.1 Å². The third-order valence-corrected chi connectivity index (χ3v) is 7.08. The summed E-state index contributed by atoms with van der Waals surface area (Å²) >= 11 is 12.2. The lowest BCUT2D eigenvalue weighted by Crippen LogP contribution is -2.49. The Labute approximate surface area is 232 Å². The van der Waals surface area contributed by atoms with E-state index in [-0.39, 0.29) is 18.0 Å². The number of carbonyl (C=O) groups excluding carboxylic acids is 2. The second kappa shape index (κ2) is 13.1. The molecule has 1 heterocycles. The number of halogens is 2. The zero-order chi connectivity index (χ0) is 27.1. The zero-order valence-corrected chi connectivity index (χ0v) is 22.9. The SMILES string of the molecule is COC(=O)c1ccc(CO[C@H](CN2CCN(C(=O)c3ccc(Cl)cc3Cl)CC2)c2cccc(OC)c2)cc1. The van der Waals surface area contributed by atoms with Crippen LogP contribution in [0, 0.1) is 0 Å². The quantitative estimate of drug-likeness (QED) is 0.324. The average molecular weight is 557 g/mol. The van der Waals surface area contributed by atoms with Crippen LogP contribution >= 0.6 is 23.2 Å². The lowest BCUT2D eigenvalue weighted by atomic mass is 10.1. The van der Waals surface area contributed by atoms with Crippen LogP contribution in [0.2, 0.25) is 10.0 Å². The summed E-state index contributed by atoms with van der Waals surface area (Å²) in [7, 11) is 3.00. The molecule has 1 aliphatic rings. The van der Waals surface area contributed by atoms with Crippen molar-refractivity contribution in [1.29, 1.82) is 0 Å². The van der Waals surface area contributed by atoms with Crippen molar-refractivity contribution in [2.45, 2.75) is 12.7 Å². The van der Waals surface area contributed by atoms with Crippen LogP contribution in [0.4, 0.5) is 0 Å². The first-order valence-electron chi connectivity index (χ1n) is 12.3. The number of methoxy groups -OCH3 is 2. The molecule has 3 aromatic rings. The first-order valence-corrected chi connectivity index (χ1v) is 13.0. The molecule has 4 rings (SSSR count). The molecule has 0 N–H and O–H groups in total. The highest BCUT2D eigenvalue weighted by molar-refractivity contribution is 6.36. The number of piperazine rings is 1. The minimum absolute atomic E-state index is 0.0951. The summed E-state index contributed by atoms with van der Waals surface area (Å²) in [4.78, 5) is 28.8. The number of carbonyl (C=O) groups is 2. The first kappa shape index (κ1) is 27.9. The lowest BCUT2D eigenvalue weighted by Gasteiger charge is -2.36.